The number of hydrogen-bond acceptors (Lipinski definition) is 4. The molecule has 1 amide bonds. The number of ether oxygens (including phenoxy) is 1. The molecule has 1 heterocycles. The van der Waals surface area contributed by atoms with Gasteiger partial charge in [-0.25, -0.2) is 5.43 Å². The molecule has 1 aromatic heterocycles. The van der Waals surface area contributed by atoms with Gasteiger partial charge in [-0.05, 0) is 56.2 Å². The zero-order valence-electron chi connectivity index (χ0n) is 17.8. The maximum atomic E-state index is 12.1. The van der Waals surface area contributed by atoms with Crippen LogP contribution in [0.25, 0.3) is 5.69 Å². The van der Waals surface area contributed by atoms with Crippen molar-refractivity contribution >= 4 is 23.9 Å². The van der Waals surface area contributed by atoms with E-state index in [1.165, 1.54) is 5.56 Å². The molecule has 3 rings (SSSR count). The van der Waals surface area contributed by atoms with E-state index >= 15 is 0 Å². The molecule has 0 aliphatic rings. The zero-order chi connectivity index (χ0) is 21.5. The maximum absolute atomic E-state index is 12.1. The van der Waals surface area contributed by atoms with E-state index in [1.54, 1.807) is 25.1 Å². The van der Waals surface area contributed by atoms with Gasteiger partial charge in [-0.15, -0.1) is 11.8 Å². The Kier molecular flexibility index (Phi) is 7.36. The second-order valence-corrected chi connectivity index (χ2v) is 8.07. The molecule has 1 N–H and O–H groups in total. The van der Waals surface area contributed by atoms with E-state index in [0.29, 0.717) is 5.75 Å². The number of carbonyl (C=O) groups is 1. The fourth-order valence-corrected chi connectivity index (χ4v) is 4.07. The van der Waals surface area contributed by atoms with Crippen LogP contribution in [0.5, 0.6) is 5.75 Å². The third kappa shape index (κ3) is 5.33. The lowest BCUT2D eigenvalue weighted by atomic mass is 10.2. The maximum Gasteiger partial charge on any atom is 0.250 e. The number of thioether (sulfide) groups is 1. The fraction of sp³-hybridized carbons (Fsp3) is 0.250. The lowest BCUT2D eigenvalue weighted by molar-refractivity contribution is -0.118. The molecule has 0 saturated carbocycles. The number of aryl methyl sites for hydroxylation is 2. The van der Waals surface area contributed by atoms with Crippen LogP contribution in [0.4, 0.5) is 0 Å². The minimum atomic E-state index is -0.113. The second-order valence-electron chi connectivity index (χ2n) is 7.08. The highest BCUT2D eigenvalue weighted by Gasteiger charge is 2.11. The number of nitrogens with zero attached hydrogens (tertiary/aromatic N) is 2. The topological polar surface area (TPSA) is 55.6 Å². The van der Waals surface area contributed by atoms with E-state index in [0.717, 1.165) is 39.7 Å². The van der Waals surface area contributed by atoms with Crippen molar-refractivity contribution in [2.24, 2.45) is 5.10 Å². The van der Waals surface area contributed by atoms with E-state index < -0.39 is 0 Å². The third-order valence-corrected chi connectivity index (χ3v) is 5.88. The van der Waals surface area contributed by atoms with Gasteiger partial charge in [0.2, 0.25) is 5.91 Å². The number of para-hydroxylation sites is 1. The largest absolute Gasteiger partial charge is 0.497 e. The lowest BCUT2D eigenvalue weighted by Crippen LogP contribution is -2.19. The molecule has 2 aromatic carbocycles. The van der Waals surface area contributed by atoms with E-state index in [2.05, 4.69) is 54.1 Å². The van der Waals surface area contributed by atoms with Crippen LogP contribution in [-0.4, -0.2) is 29.6 Å². The summed E-state index contributed by atoms with van der Waals surface area (Å²) >= 11 is 1.55. The summed E-state index contributed by atoms with van der Waals surface area (Å²) in [5, 5.41) is 4.15. The first-order valence-electron chi connectivity index (χ1n) is 9.77. The van der Waals surface area contributed by atoms with Gasteiger partial charge in [0.05, 0.1) is 19.1 Å². The molecule has 3 aromatic rings. The van der Waals surface area contributed by atoms with Crippen molar-refractivity contribution in [1.29, 1.82) is 0 Å². The average molecular weight is 422 g/mol. The summed E-state index contributed by atoms with van der Waals surface area (Å²) in [4.78, 5) is 12.1. The van der Waals surface area contributed by atoms with Gasteiger partial charge in [-0.2, -0.15) is 5.10 Å². The predicted molar refractivity (Wildman–Crippen MR) is 125 cm³/mol. The Morgan fingerprint density at radius 3 is 2.57 bits per heavy atom. The summed E-state index contributed by atoms with van der Waals surface area (Å²) in [6, 6.07) is 18.2. The highest BCUT2D eigenvalue weighted by molar-refractivity contribution is 7.99. The van der Waals surface area contributed by atoms with E-state index in [1.807, 2.05) is 36.4 Å². The second kappa shape index (κ2) is 10.2. The quantitative estimate of drug-likeness (QED) is 0.420. The van der Waals surface area contributed by atoms with Gasteiger partial charge < -0.3 is 9.30 Å². The fourth-order valence-electron chi connectivity index (χ4n) is 3.29. The van der Waals surface area contributed by atoms with Crippen LogP contribution in [0.1, 0.15) is 28.1 Å². The van der Waals surface area contributed by atoms with Gasteiger partial charge in [0.25, 0.3) is 0 Å². The molecule has 0 spiro atoms. The number of nitrogens with one attached hydrogen (secondary N) is 1. The molecular formula is C24H27N3O2S. The summed E-state index contributed by atoms with van der Waals surface area (Å²) in [7, 11) is 1.65. The van der Waals surface area contributed by atoms with Crippen molar-refractivity contribution in [1.82, 2.24) is 9.99 Å². The molecule has 6 heteroatoms. The molecule has 0 atom stereocenters. The Morgan fingerprint density at radius 1 is 1.13 bits per heavy atom. The summed E-state index contributed by atoms with van der Waals surface area (Å²) in [6.07, 6.45) is 1.71. The van der Waals surface area contributed by atoms with E-state index in [9.17, 15) is 4.79 Å². The van der Waals surface area contributed by atoms with Crippen LogP contribution < -0.4 is 10.2 Å². The van der Waals surface area contributed by atoms with Crippen LogP contribution in [-0.2, 0) is 10.5 Å². The van der Waals surface area contributed by atoms with Gasteiger partial charge in [0, 0.05) is 28.4 Å². The Labute approximate surface area is 182 Å². The van der Waals surface area contributed by atoms with Crippen LogP contribution in [0.3, 0.4) is 0 Å². The highest BCUT2D eigenvalue weighted by Crippen LogP contribution is 2.22. The Morgan fingerprint density at radius 2 is 1.87 bits per heavy atom. The van der Waals surface area contributed by atoms with Crippen molar-refractivity contribution in [3.05, 3.63) is 82.7 Å². The average Bonchev–Trinajstić information content (AvgIpc) is 3.02. The monoisotopic (exact) mass is 421 g/mol. The Bertz CT molecular complexity index is 1040. The van der Waals surface area contributed by atoms with Crippen molar-refractivity contribution in [3.8, 4) is 11.4 Å². The first kappa shape index (κ1) is 21.7. The number of carbonyl (C=O) groups excluding carboxylic acids is 1. The van der Waals surface area contributed by atoms with Gasteiger partial charge in [0.15, 0.2) is 0 Å². The summed E-state index contributed by atoms with van der Waals surface area (Å²) in [5.74, 6) is 1.83. The van der Waals surface area contributed by atoms with Gasteiger partial charge >= 0.3 is 0 Å². The SMILES string of the molecule is COc1ccc(CSCC(=O)N/N=C/c2cc(C)n(-c3ccccc3C)c2C)cc1. The van der Waals surface area contributed by atoms with Gasteiger partial charge in [0.1, 0.15) is 5.75 Å². The van der Waals surface area contributed by atoms with Crippen LogP contribution in [0.2, 0.25) is 0 Å². The van der Waals surface area contributed by atoms with Crippen molar-refractivity contribution < 1.29 is 9.53 Å². The lowest BCUT2D eigenvalue weighted by Gasteiger charge is -2.12. The first-order chi connectivity index (χ1) is 14.5. The molecule has 0 fully saturated rings. The number of rotatable bonds is 8. The number of benzene rings is 2. The zero-order valence-corrected chi connectivity index (χ0v) is 18.6. The van der Waals surface area contributed by atoms with E-state index in [4.69, 9.17) is 4.74 Å². The summed E-state index contributed by atoms with van der Waals surface area (Å²) in [6.45, 7) is 6.24. The molecule has 156 valence electrons. The molecule has 30 heavy (non-hydrogen) atoms. The number of aromatic nitrogens is 1. The van der Waals surface area contributed by atoms with Gasteiger partial charge in [-0.3, -0.25) is 4.79 Å². The Balaban J connectivity index is 1.54. The molecule has 5 nitrogen and oxygen atoms in total. The first-order valence-corrected chi connectivity index (χ1v) is 10.9. The summed E-state index contributed by atoms with van der Waals surface area (Å²) in [5.41, 5.74) is 9.36. The molecular weight excluding hydrogens is 394 g/mol. The smallest absolute Gasteiger partial charge is 0.250 e. The number of amides is 1. The third-order valence-electron chi connectivity index (χ3n) is 4.88. The van der Waals surface area contributed by atoms with Crippen LogP contribution >= 0.6 is 11.8 Å². The van der Waals surface area contributed by atoms with Crippen LogP contribution in [0.15, 0.2) is 59.7 Å². The highest BCUT2D eigenvalue weighted by atomic mass is 32.2. The van der Waals surface area contributed by atoms with E-state index in [-0.39, 0.29) is 5.91 Å². The molecule has 0 radical (unpaired) electrons. The van der Waals surface area contributed by atoms with Crippen molar-refractivity contribution in [2.75, 3.05) is 12.9 Å². The number of methoxy groups -OCH3 is 1. The standard InChI is InChI=1S/C24H27N3O2S/c1-17-7-5-6-8-23(17)27-18(2)13-21(19(27)3)14-25-26-24(28)16-30-15-20-9-11-22(29-4)12-10-20/h5-14H,15-16H2,1-4H3,(H,26,28)/b25-14+. The molecule has 0 bridgehead atoms. The normalized spacial score (nSPS) is 11.1. The molecule has 0 aliphatic carbocycles. The number of hydrazone groups is 1. The molecule has 0 saturated heterocycles. The predicted octanol–water partition coefficient (Wildman–Crippen LogP) is 4.79. The minimum Gasteiger partial charge on any atom is -0.497 e. The molecule has 0 unspecified atom stereocenters. The minimum absolute atomic E-state index is 0.113. The van der Waals surface area contributed by atoms with Crippen molar-refractivity contribution in [3.63, 3.8) is 0 Å². The van der Waals surface area contributed by atoms with Crippen molar-refractivity contribution in [2.45, 2.75) is 26.5 Å². The Hall–Kier alpha value is -2.99. The number of hydrogen-bond donors (Lipinski definition) is 1. The van der Waals surface area contributed by atoms with Gasteiger partial charge in [-0.1, -0.05) is 30.3 Å². The molecule has 0 aliphatic heterocycles. The summed E-state index contributed by atoms with van der Waals surface area (Å²) < 4.78 is 7.36. The van der Waals surface area contributed by atoms with Crippen LogP contribution in [0, 0.1) is 20.8 Å².